The van der Waals surface area contributed by atoms with Gasteiger partial charge >= 0.3 is 5.97 Å². The first kappa shape index (κ1) is 11.5. The summed E-state index contributed by atoms with van der Waals surface area (Å²) >= 11 is 5.59. The third kappa shape index (κ3) is 2.72. The van der Waals surface area contributed by atoms with Gasteiger partial charge in [-0.1, -0.05) is 11.6 Å². The molecule has 0 N–H and O–H groups in total. The zero-order chi connectivity index (χ0) is 10.6. The molecule has 1 fully saturated rings. The maximum atomic E-state index is 11.4. The van der Waals surface area contributed by atoms with Gasteiger partial charge in [-0.2, -0.15) is 0 Å². The van der Waals surface area contributed by atoms with Crippen molar-refractivity contribution in [1.82, 2.24) is 4.90 Å². The van der Waals surface area contributed by atoms with E-state index in [4.69, 9.17) is 16.3 Å². The number of methoxy groups -OCH3 is 1. The van der Waals surface area contributed by atoms with Crippen molar-refractivity contribution in [3.63, 3.8) is 0 Å². The van der Waals surface area contributed by atoms with Crippen molar-refractivity contribution in [2.45, 2.75) is 25.8 Å². The van der Waals surface area contributed by atoms with Gasteiger partial charge in [-0.3, -0.25) is 9.69 Å². The molecule has 1 heterocycles. The lowest BCUT2D eigenvalue weighted by molar-refractivity contribution is -0.145. The van der Waals surface area contributed by atoms with Crippen LogP contribution < -0.4 is 0 Å². The van der Waals surface area contributed by atoms with E-state index in [0.29, 0.717) is 0 Å². The van der Waals surface area contributed by atoms with Gasteiger partial charge in [0.05, 0.1) is 7.11 Å². The topological polar surface area (TPSA) is 29.5 Å². The Morgan fingerprint density at radius 2 is 2.43 bits per heavy atom. The monoisotopic (exact) mass is 217 g/mol. The van der Waals surface area contributed by atoms with Crippen LogP contribution in [0.25, 0.3) is 0 Å². The number of nitrogens with zero attached hydrogens (tertiary/aromatic N) is 1. The molecule has 14 heavy (non-hydrogen) atoms. The molecule has 1 rings (SSSR count). The molecule has 0 aromatic carbocycles. The largest absolute Gasteiger partial charge is 0.468 e. The summed E-state index contributed by atoms with van der Waals surface area (Å²) in [6.07, 6.45) is 1.94. The van der Waals surface area contributed by atoms with Crippen LogP contribution in [0.4, 0.5) is 0 Å². The molecule has 1 aliphatic rings. The second kappa shape index (κ2) is 5.37. The molecule has 0 aromatic heterocycles. The Bertz CT molecular complexity index is 240. The standard InChI is InChI=1S/C10H16ClNO2/c1-8(6-11)7-12-5-3-4-9(12)10(13)14-2/h6,9H,3-5,7H2,1-2H3. The summed E-state index contributed by atoms with van der Waals surface area (Å²) < 4.78 is 4.75. The molecule has 80 valence electrons. The summed E-state index contributed by atoms with van der Waals surface area (Å²) in [6.45, 7) is 3.66. The van der Waals surface area contributed by atoms with Crippen LogP contribution in [0.15, 0.2) is 11.1 Å². The number of halogens is 1. The molecule has 1 atom stereocenters. The fraction of sp³-hybridized carbons (Fsp3) is 0.700. The highest BCUT2D eigenvalue weighted by Gasteiger charge is 2.31. The van der Waals surface area contributed by atoms with Crippen LogP contribution >= 0.6 is 11.6 Å². The van der Waals surface area contributed by atoms with E-state index in [2.05, 4.69) is 4.90 Å². The van der Waals surface area contributed by atoms with Gasteiger partial charge in [0.2, 0.25) is 0 Å². The number of rotatable bonds is 3. The minimum Gasteiger partial charge on any atom is -0.468 e. The van der Waals surface area contributed by atoms with E-state index in [0.717, 1.165) is 31.5 Å². The van der Waals surface area contributed by atoms with E-state index in [-0.39, 0.29) is 12.0 Å². The predicted octanol–water partition coefficient (Wildman–Crippen LogP) is 1.77. The van der Waals surface area contributed by atoms with Crippen LogP contribution in [0.2, 0.25) is 0 Å². The number of hydrogen-bond acceptors (Lipinski definition) is 3. The summed E-state index contributed by atoms with van der Waals surface area (Å²) in [5.41, 5.74) is 2.63. The number of ether oxygens (including phenoxy) is 1. The highest BCUT2D eigenvalue weighted by molar-refractivity contribution is 6.25. The first-order valence-electron chi connectivity index (χ1n) is 4.76. The molecular formula is C10H16ClNO2. The zero-order valence-electron chi connectivity index (χ0n) is 8.62. The lowest BCUT2D eigenvalue weighted by atomic mass is 10.2. The number of carbonyl (C=O) groups excluding carboxylic acids is 1. The normalized spacial score (nSPS) is 23.9. The molecule has 0 spiro atoms. The van der Waals surface area contributed by atoms with Crippen molar-refractivity contribution in [2.75, 3.05) is 20.2 Å². The lowest BCUT2D eigenvalue weighted by Gasteiger charge is -2.22. The van der Waals surface area contributed by atoms with Crippen molar-refractivity contribution in [1.29, 1.82) is 0 Å². The van der Waals surface area contributed by atoms with E-state index in [1.54, 1.807) is 5.54 Å². The maximum absolute atomic E-state index is 11.4. The van der Waals surface area contributed by atoms with Gasteiger partial charge < -0.3 is 4.74 Å². The SMILES string of the molecule is COC(=O)C1CCCN1CC(C)=CCl. The molecule has 1 saturated heterocycles. The Balaban J connectivity index is 2.55. The van der Waals surface area contributed by atoms with E-state index >= 15 is 0 Å². The first-order valence-corrected chi connectivity index (χ1v) is 5.20. The lowest BCUT2D eigenvalue weighted by Crippen LogP contribution is -2.37. The summed E-state index contributed by atoms with van der Waals surface area (Å²) in [5, 5.41) is 0. The molecule has 3 nitrogen and oxygen atoms in total. The maximum Gasteiger partial charge on any atom is 0.323 e. The Labute approximate surface area is 89.7 Å². The highest BCUT2D eigenvalue weighted by Crippen LogP contribution is 2.19. The molecule has 0 saturated carbocycles. The second-order valence-corrected chi connectivity index (χ2v) is 3.83. The molecular weight excluding hydrogens is 202 g/mol. The molecule has 0 amide bonds. The van der Waals surface area contributed by atoms with Gasteiger partial charge in [-0.25, -0.2) is 0 Å². The smallest absolute Gasteiger partial charge is 0.323 e. The molecule has 4 heteroatoms. The van der Waals surface area contributed by atoms with Gasteiger partial charge in [0.15, 0.2) is 0 Å². The summed E-state index contributed by atoms with van der Waals surface area (Å²) in [4.78, 5) is 13.5. The van der Waals surface area contributed by atoms with Crippen LogP contribution in [-0.2, 0) is 9.53 Å². The van der Waals surface area contributed by atoms with E-state index in [1.165, 1.54) is 7.11 Å². The van der Waals surface area contributed by atoms with Crippen molar-refractivity contribution < 1.29 is 9.53 Å². The highest BCUT2D eigenvalue weighted by atomic mass is 35.5. The third-order valence-electron chi connectivity index (χ3n) is 2.48. The van der Waals surface area contributed by atoms with Crippen LogP contribution in [0, 0.1) is 0 Å². The molecule has 0 radical (unpaired) electrons. The first-order chi connectivity index (χ1) is 6.69. The molecule has 1 unspecified atom stereocenters. The minimum absolute atomic E-state index is 0.0773. The van der Waals surface area contributed by atoms with Crippen molar-refractivity contribution >= 4 is 17.6 Å². The minimum atomic E-state index is -0.134. The molecule has 1 aliphatic heterocycles. The number of carbonyl (C=O) groups is 1. The molecule has 0 aromatic rings. The Morgan fingerprint density at radius 1 is 1.71 bits per heavy atom. The number of esters is 1. The van der Waals surface area contributed by atoms with Gasteiger partial charge in [0, 0.05) is 12.1 Å². The zero-order valence-corrected chi connectivity index (χ0v) is 9.38. The Morgan fingerprint density at radius 3 is 3.00 bits per heavy atom. The molecule has 0 bridgehead atoms. The van der Waals surface area contributed by atoms with Crippen molar-refractivity contribution in [3.05, 3.63) is 11.1 Å². The van der Waals surface area contributed by atoms with Gasteiger partial charge in [0.25, 0.3) is 0 Å². The summed E-state index contributed by atoms with van der Waals surface area (Å²) in [7, 11) is 1.43. The Hall–Kier alpha value is -0.540. The molecule has 0 aliphatic carbocycles. The van der Waals surface area contributed by atoms with Crippen LogP contribution in [0.5, 0.6) is 0 Å². The van der Waals surface area contributed by atoms with Gasteiger partial charge in [-0.05, 0) is 31.9 Å². The number of hydrogen-bond donors (Lipinski definition) is 0. The average molecular weight is 218 g/mol. The fourth-order valence-electron chi connectivity index (χ4n) is 1.77. The van der Waals surface area contributed by atoms with Crippen molar-refractivity contribution in [2.24, 2.45) is 0 Å². The quantitative estimate of drug-likeness (QED) is 0.675. The van der Waals surface area contributed by atoms with Gasteiger partial charge in [0.1, 0.15) is 6.04 Å². The third-order valence-corrected chi connectivity index (χ3v) is 2.85. The van der Waals surface area contributed by atoms with Crippen LogP contribution in [-0.4, -0.2) is 37.1 Å². The number of likely N-dealkylation sites (tertiary alicyclic amines) is 1. The fourth-order valence-corrected chi connectivity index (χ4v) is 1.84. The van der Waals surface area contributed by atoms with E-state index < -0.39 is 0 Å². The Kier molecular flexibility index (Phi) is 4.42. The summed E-state index contributed by atoms with van der Waals surface area (Å²) in [6, 6.07) is -0.0773. The summed E-state index contributed by atoms with van der Waals surface area (Å²) in [5.74, 6) is -0.134. The average Bonchev–Trinajstić information content (AvgIpc) is 2.64. The van der Waals surface area contributed by atoms with Crippen LogP contribution in [0.3, 0.4) is 0 Å². The van der Waals surface area contributed by atoms with E-state index in [1.807, 2.05) is 6.92 Å². The van der Waals surface area contributed by atoms with E-state index in [9.17, 15) is 4.79 Å². The van der Waals surface area contributed by atoms with Crippen molar-refractivity contribution in [3.8, 4) is 0 Å². The predicted molar refractivity (Wildman–Crippen MR) is 56.2 cm³/mol. The second-order valence-electron chi connectivity index (χ2n) is 3.61. The van der Waals surface area contributed by atoms with Crippen LogP contribution in [0.1, 0.15) is 19.8 Å². The van der Waals surface area contributed by atoms with Gasteiger partial charge in [-0.15, -0.1) is 0 Å².